The second kappa shape index (κ2) is 6.68. The molecule has 0 bridgehead atoms. The maximum Gasteiger partial charge on any atom is 0.303 e. The van der Waals surface area contributed by atoms with Crippen LogP contribution in [0.5, 0.6) is 0 Å². The third-order valence-corrected chi connectivity index (χ3v) is 4.10. The van der Waals surface area contributed by atoms with Crippen molar-refractivity contribution in [1.82, 2.24) is 19.5 Å². The molecule has 3 heterocycles. The summed E-state index contributed by atoms with van der Waals surface area (Å²) in [5.74, 6) is -3.50. The lowest BCUT2D eigenvalue weighted by molar-refractivity contribution is -0.114. The Hall–Kier alpha value is -2.90. The monoisotopic (exact) mass is 373 g/mol. The van der Waals surface area contributed by atoms with Crippen molar-refractivity contribution in [3.05, 3.63) is 36.0 Å². The molecule has 0 saturated heterocycles. The van der Waals surface area contributed by atoms with Gasteiger partial charge in [0.25, 0.3) is 0 Å². The zero-order valence-electron chi connectivity index (χ0n) is 15.8. The SMILES string of the molecule is CC(=O)Nc1cc2c(-c3cc(C)nc(C(C)(F)F)n3)cn(C(C)C)c2cn1. The van der Waals surface area contributed by atoms with E-state index >= 15 is 0 Å². The van der Waals surface area contributed by atoms with E-state index in [2.05, 4.69) is 20.3 Å². The molecule has 1 amide bonds. The van der Waals surface area contributed by atoms with Crippen LogP contribution in [0.3, 0.4) is 0 Å². The van der Waals surface area contributed by atoms with Gasteiger partial charge in [0.15, 0.2) is 5.82 Å². The summed E-state index contributed by atoms with van der Waals surface area (Å²) in [7, 11) is 0. The fourth-order valence-electron chi connectivity index (χ4n) is 2.93. The van der Waals surface area contributed by atoms with Gasteiger partial charge in [0.2, 0.25) is 5.91 Å². The summed E-state index contributed by atoms with van der Waals surface area (Å²) < 4.78 is 29.6. The largest absolute Gasteiger partial charge is 0.343 e. The third-order valence-electron chi connectivity index (χ3n) is 4.10. The van der Waals surface area contributed by atoms with Crippen molar-refractivity contribution in [3.8, 4) is 11.3 Å². The first-order chi connectivity index (χ1) is 12.6. The van der Waals surface area contributed by atoms with Gasteiger partial charge in [-0.05, 0) is 32.9 Å². The molecule has 8 heteroatoms. The van der Waals surface area contributed by atoms with Gasteiger partial charge in [0.1, 0.15) is 5.82 Å². The molecule has 3 aromatic rings. The first-order valence-corrected chi connectivity index (χ1v) is 8.59. The fraction of sp³-hybridized carbons (Fsp3) is 0.368. The van der Waals surface area contributed by atoms with E-state index in [0.29, 0.717) is 22.8 Å². The molecule has 6 nitrogen and oxygen atoms in total. The number of halogens is 2. The first kappa shape index (κ1) is 18.9. The quantitative estimate of drug-likeness (QED) is 0.733. The Morgan fingerprint density at radius 1 is 1.26 bits per heavy atom. The molecule has 3 aromatic heterocycles. The molecule has 0 aliphatic rings. The molecule has 0 radical (unpaired) electrons. The Labute approximate surface area is 155 Å². The van der Waals surface area contributed by atoms with E-state index in [9.17, 15) is 13.6 Å². The number of pyridine rings is 1. The number of rotatable bonds is 4. The average molecular weight is 373 g/mol. The highest BCUT2D eigenvalue weighted by Crippen LogP contribution is 2.34. The van der Waals surface area contributed by atoms with Crippen LogP contribution >= 0.6 is 0 Å². The molecule has 0 saturated carbocycles. The lowest BCUT2D eigenvalue weighted by atomic mass is 10.1. The van der Waals surface area contributed by atoms with E-state index in [1.807, 2.05) is 24.6 Å². The van der Waals surface area contributed by atoms with E-state index < -0.39 is 11.7 Å². The average Bonchev–Trinajstić information content (AvgIpc) is 2.92. The van der Waals surface area contributed by atoms with Crippen LogP contribution in [-0.2, 0) is 10.7 Å². The van der Waals surface area contributed by atoms with Gasteiger partial charge in [0, 0.05) is 42.7 Å². The van der Waals surface area contributed by atoms with Crippen molar-refractivity contribution in [2.24, 2.45) is 0 Å². The molecule has 1 N–H and O–H groups in total. The minimum Gasteiger partial charge on any atom is -0.343 e. The third kappa shape index (κ3) is 3.79. The number of amides is 1. The Morgan fingerprint density at radius 2 is 1.96 bits per heavy atom. The molecule has 0 atom stereocenters. The predicted octanol–water partition coefficient (Wildman–Crippen LogP) is 4.45. The first-order valence-electron chi connectivity index (χ1n) is 8.59. The van der Waals surface area contributed by atoms with Crippen molar-refractivity contribution in [3.63, 3.8) is 0 Å². The summed E-state index contributed by atoms with van der Waals surface area (Å²) in [6.45, 7) is 7.87. The minimum atomic E-state index is -3.14. The number of fused-ring (bicyclic) bond motifs is 1. The van der Waals surface area contributed by atoms with Crippen molar-refractivity contribution < 1.29 is 13.6 Å². The zero-order valence-corrected chi connectivity index (χ0v) is 15.8. The molecule has 3 rings (SSSR count). The summed E-state index contributed by atoms with van der Waals surface area (Å²) in [4.78, 5) is 23.6. The molecule has 0 aliphatic carbocycles. The maximum atomic E-state index is 13.8. The van der Waals surface area contributed by atoms with E-state index in [-0.39, 0.29) is 11.9 Å². The van der Waals surface area contributed by atoms with Crippen LogP contribution in [0.15, 0.2) is 24.5 Å². The summed E-state index contributed by atoms with van der Waals surface area (Å²) in [6.07, 6.45) is 3.53. The molecular weight excluding hydrogens is 352 g/mol. The number of carbonyl (C=O) groups excluding carboxylic acids is 1. The van der Waals surface area contributed by atoms with Crippen molar-refractivity contribution in [1.29, 1.82) is 0 Å². The van der Waals surface area contributed by atoms with Gasteiger partial charge < -0.3 is 9.88 Å². The Balaban J connectivity index is 2.27. The van der Waals surface area contributed by atoms with Crippen LogP contribution in [0.1, 0.15) is 45.3 Å². The predicted molar refractivity (Wildman–Crippen MR) is 99.8 cm³/mol. The summed E-state index contributed by atoms with van der Waals surface area (Å²) in [5.41, 5.74) is 2.38. The van der Waals surface area contributed by atoms with E-state index in [0.717, 1.165) is 17.8 Å². The number of nitrogens with zero attached hydrogens (tertiary/aromatic N) is 4. The molecule has 27 heavy (non-hydrogen) atoms. The topological polar surface area (TPSA) is 72.7 Å². The van der Waals surface area contributed by atoms with Gasteiger partial charge in [-0.2, -0.15) is 8.78 Å². The van der Waals surface area contributed by atoms with Crippen LogP contribution in [0.2, 0.25) is 0 Å². The number of carbonyl (C=O) groups is 1. The number of hydrogen-bond acceptors (Lipinski definition) is 4. The maximum absolute atomic E-state index is 13.8. The summed E-state index contributed by atoms with van der Waals surface area (Å²) >= 11 is 0. The van der Waals surface area contributed by atoms with Crippen LogP contribution < -0.4 is 5.32 Å². The Bertz CT molecular complexity index is 1020. The Morgan fingerprint density at radius 3 is 2.56 bits per heavy atom. The van der Waals surface area contributed by atoms with E-state index in [1.54, 1.807) is 25.3 Å². The van der Waals surface area contributed by atoms with Crippen LogP contribution in [-0.4, -0.2) is 25.4 Å². The summed E-state index contributed by atoms with van der Waals surface area (Å²) in [6, 6.07) is 3.53. The minimum absolute atomic E-state index is 0.129. The molecule has 142 valence electrons. The molecule has 0 spiro atoms. The van der Waals surface area contributed by atoms with Crippen molar-refractivity contribution >= 4 is 22.6 Å². The molecule has 0 fully saturated rings. The van der Waals surface area contributed by atoms with Gasteiger partial charge >= 0.3 is 5.92 Å². The number of anilines is 1. The van der Waals surface area contributed by atoms with Gasteiger partial charge in [-0.1, -0.05) is 0 Å². The van der Waals surface area contributed by atoms with E-state index in [1.165, 1.54) is 6.92 Å². The van der Waals surface area contributed by atoms with Crippen molar-refractivity contribution in [2.75, 3.05) is 5.32 Å². The molecular formula is C19H21F2N5O. The normalized spacial score (nSPS) is 12.0. The van der Waals surface area contributed by atoms with Gasteiger partial charge in [-0.3, -0.25) is 4.79 Å². The number of hydrogen-bond donors (Lipinski definition) is 1. The van der Waals surface area contributed by atoms with Crippen LogP contribution in [0.25, 0.3) is 22.2 Å². The molecule has 0 unspecified atom stereocenters. The van der Waals surface area contributed by atoms with Crippen LogP contribution in [0, 0.1) is 6.92 Å². The van der Waals surface area contributed by atoms with Gasteiger partial charge in [-0.15, -0.1) is 0 Å². The smallest absolute Gasteiger partial charge is 0.303 e. The van der Waals surface area contributed by atoms with Crippen molar-refractivity contribution in [2.45, 2.75) is 46.6 Å². The number of alkyl halides is 2. The fourth-order valence-corrected chi connectivity index (χ4v) is 2.93. The number of aromatic nitrogens is 4. The standard InChI is InChI=1S/C19H21F2N5O/c1-10(2)26-9-14(13-7-17(24-12(4)27)22-8-16(13)26)15-6-11(3)23-18(25-15)19(5,20)21/h6-10H,1-5H3,(H,22,24,27). The van der Waals surface area contributed by atoms with Gasteiger partial charge in [-0.25, -0.2) is 15.0 Å². The van der Waals surface area contributed by atoms with Gasteiger partial charge in [0.05, 0.1) is 17.4 Å². The van der Waals surface area contributed by atoms with Crippen LogP contribution in [0.4, 0.5) is 14.6 Å². The highest BCUT2D eigenvalue weighted by molar-refractivity contribution is 5.98. The lowest BCUT2D eigenvalue weighted by Gasteiger charge is -2.11. The number of aryl methyl sites for hydroxylation is 1. The zero-order chi connectivity index (χ0) is 19.9. The highest BCUT2D eigenvalue weighted by atomic mass is 19.3. The second-order valence-electron chi connectivity index (χ2n) is 6.92. The Kier molecular flexibility index (Phi) is 4.67. The number of nitrogens with one attached hydrogen (secondary N) is 1. The second-order valence-corrected chi connectivity index (χ2v) is 6.92. The lowest BCUT2D eigenvalue weighted by Crippen LogP contribution is -2.13. The molecule has 0 aliphatic heterocycles. The van der Waals surface area contributed by atoms with E-state index in [4.69, 9.17) is 0 Å². The highest BCUT2D eigenvalue weighted by Gasteiger charge is 2.29. The summed E-state index contributed by atoms with van der Waals surface area (Å²) in [5, 5.41) is 3.42. The molecule has 0 aromatic carbocycles.